The smallest absolute Gasteiger partial charge is 0.247 e. The van der Waals surface area contributed by atoms with Crippen molar-refractivity contribution >= 4 is 21.6 Å². The van der Waals surface area contributed by atoms with Crippen LogP contribution in [0.5, 0.6) is 0 Å². The van der Waals surface area contributed by atoms with Crippen LogP contribution in [0.15, 0.2) is 6.20 Å². The maximum Gasteiger partial charge on any atom is 0.247 e. The zero-order chi connectivity index (χ0) is 13.5. The average Bonchev–Trinajstić information content (AvgIpc) is 3.11. The van der Waals surface area contributed by atoms with E-state index < -0.39 is 9.84 Å². The lowest BCUT2D eigenvalue weighted by Crippen LogP contribution is -2.34. The fourth-order valence-electron chi connectivity index (χ4n) is 2.19. The Balaban J connectivity index is 1.73. The molecule has 1 aromatic rings. The monoisotopic (exact) mass is 283 g/mol. The molecule has 1 saturated carbocycles. The van der Waals surface area contributed by atoms with Crippen molar-refractivity contribution in [1.29, 1.82) is 0 Å². The van der Waals surface area contributed by atoms with Crippen LogP contribution in [-0.2, 0) is 9.84 Å². The lowest BCUT2D eigenvalue weighted by Gasteiger charge is -2.22. The first-order valence-electron chi connectivity index (χ1n) is 6.43. The molecule has 7 nitrogen and oxygen atoms in total. The number of hydrogen-bond acceptors (Lipinski definition) is 7. The summed E-state index contributed by atoms with van der Waals surface area (Å²) in [4.78, 5) is 6.21. The zero-order valence-electron chi connectivity index (χ0n) is 10.8. The van der Waals surface area contributed by atoms with Gasteiger partial charge in [-0.15, -0.1) is 5.10 Å². The third-order valence-electron chi connectivity index (χ3n) is 3.55. The Morgan fingerprint density at radius 2 is 2.16 bits per heavy atom. The van der Waals surface area contributed by atoms with Gasteiger partial charge in [0.25, 0.3) is 0 Å². The summed E-state index contributed by atoms with van der Waals surface area (Å²) >= 11 is 0. The number of nitrogens with one attached hydrogen (secondary N) is 1. The van der Waals surface area contributed by atoms with Crippen LogP contribution in [0, 0.1) is 0 Å². The molecule has 2 aliphatic rings. The number of hydrogen-bond donors (Lipinski definition) is 1. The molecule has 1 N–H and O–H groups in total. The van der Waals surface area contributed by atoms with Crippen LogP contribution < -0.4 is 10.2 Å². The summed E-state index contributed by atoms with van der Waals surface area (Å²) in [5.41, 5.74) is 0. The van der Waals surface area contributed by atoms with E-state index >= 15 is 0 Å². The molecule has 0 radical (unpaired) electrons. The van der Waals surface area contributed by atoms with Gasteiger partial charge in [0.1, 0.15) is 0 Å². The maximum atomic E-state index is 11.5. The van der Waals surface area contributed by atoms with Crippen LogP contribution in [0.1, 0.15) is 19.3 Å². The number of nitrogens with zero attached hydrogens (tertiary/aromatic N) is 4. The second-order valence-corrected chi connectivity index (χ2v) is 7.46. The quantitative estimate of drug-likeness (QED) is 0.836. The number of aromatic nitrogens is 3. The van der Waals surface area contributed by atoms with E-state index in [-0.39, 0.29) is 17.5 Å². The number of sulfone groups is 1. The molecule has 2 fully saturated rings. The molecule has 2 heterocycles. The van der Waals surface area contributed by atoms with Crippen molar-refractivity contribution in [2.75, 3.05) is 28.8 Å². The molecule has 19 heavy (non-hydrogen) atoms. The van der Waals surface area contributed by atoms with Crippen molar-refractivity contribution in [3.05, 3.63) is 6.20 Å². The van der Waals surface area contributed by atoms with E-state index in [1.165, 1.54) is 0 Å². The van der Waals surface area contributed by atoms with Crippen LogP contribution >= 0.6 is 0 Å². The molecule has 1 atom stereocenters. The van der Waals surface area contributed by atoms with Crippen LogP contribution in [0.25, 0.3) is 0 Å². The van der Waals surface area contributed by atoms with Gasteiger partial charge < -0.3 is 10.2 Å². The summed E-state index contributed by atoms with van der Waals surface area (Å²) in [5, 5.41) is 11.2. The molecule has 1 aliphatic heterocycles. The summed E-state index contributed by atoms with van der Waals surface area (Å²) in [5.74, 6) is 1.61. The topological polar surface area (TPSA) is 88.1 Å². The third kappa shape index (κ3) is 2.94. The van der Waals surface area contributed by atoms with Gasteiger partial charge in [-0.2, -0.15) is 10.1 Å². The molecule has 8 heteroatoms. The van der Waals surface area contributed by atoms with E-state index in [4.69, 9.17) is 0 Å². The van der Waals surface area contributed by atoms with Gasteiger partial charge in [0.15, 0.2) is 15.7 Å². The van der Waals surface area contributed by atoms with Gasteiger partial charge in [0, 0.05) is 19.1 Å². The van der Waals surface area contributed by atoms with Crippen molar-refractivity contribution in [2.24, 2.45) is 0 Å². The molecule has 0 amide bonds. The molecule has 1 aliphatic carbocycles. The Kier molecular flexibility index (Phi) is 3.04. The largest absolute Gasteiger partial charge is 0.366 e. The minimum atomic E-state index is -2.90. The fourth-order valence-corrected chi connectivity index (χ4v) is 3.97. The Bertz CT molecular complexity index is 572. The minimum absolute atomic E-state index is 0.0528. The summed E-state index contributed by atoms with van der Waals surface area (Å²) in [6.45, 7) is 0. The second kappa shape index (κ2) is 4.59. The second-order valence-electron chi connectivity index (χ2n) is 5.23. The normalized spacial score (nSPS) is 25.2. The fraction of sp³-hybridized carbons (Fsp3) is 0.727. The number of anilines is 2. The highest BCUT2D eigenvalue weighted by Crippen LogP contribution is 2.24. The summed E-state index contributed by atoms with van der Waals surface area (Å²) < 4.78 is 23.0. The van der Waals surface area contributed by atoms with Crippen molar-refractivity contribution < 1.29 is 8.42 Å². The lowest BCUT2D eigenvalue weighted by molar-refractivity contribution is 0.600. The first-order valence-corrected chi connectivity index (χ1v) is 8.25. The summed E-state index contributed by atoms with van der Waals surface area (Å²) in [6, 6.07) is 0.449. The van der Waals surface area contributed by atoms with E-state index in [1.807, 2.05) is 11.9 Å². The molecule has 0 aromatic carbocycles. The van der Waals surface area contributed by atoms with Gasteiger partial charge in [-0.25, -0.2) is 8.42 Å². The van der Waals surface area contributed by atoms with Gasteiger partial charge in [0.05, 0.1) is 17.7 Å². The van der Waals surface area contributed by atoms with Crippen LogP contribution in [0.2, 0.25) is 0 Å². The Morgan fingerprint density at radius 1 is 1.37 bits per heavy atom. The first kappa shape index (κ1) is 12.6. The predicted octanol–water partition coefficient (Wildman–Crippen LogP) is 0.0692. The van der Waals surface area contributed by atoms with Crippen LogP contribution in [0.4, 0.5) is 11.8 Å². The Labute approximate surface area is 112 Å². The molecule has 1 aromatic heterocycles. The SMILES string of the molecule is CN(c1nncc(NC2CC2)n1)C1CCS(=O)(=O)C1. The molecular formula is C11H17N5O2S. The first-order chi connectivity index (χ1) is 9.03. The summed E-state index contributed by atoms with van der Waals surface area (Å²) in [6.07, 6.45) is 4.55. The highest BCUT2D eigenvalue weighted by molar-refractivity contribution is 7.91. The van der Waals surface area contributed by atoms with E-state index in [2.05, 4.69) is 20.5 Å². The van der Waals surface area contributed by atoms with E-state index in [1.54, 1.807) is 6.20 Å². The third-order valence-corrected chi connectivity index (χ3v) is 5.30. The van der Waals surface area contributed by atoms with Crippen LogP contribution in [0.3, 0.4) is 0 Å². The van der Waals surface area contributed by atoms with Gasteiger partial charge in [0.2, 0.25) is 5.95 Å². The molecule has 3 rings (SSSR count). The molecular weight excluding hydrogens is 266 g/mol. The van der Waals surface area contributed by atoms with Gasteiger partial charge >= 0.3 is 0 Å². The molecule has 0 spiro atoms. The highest BCUT2D eigenvalue weighted by Gasteiger charge is 2.32. The van der Waals surface area contributed by atoms with E-state index in [0.717, 1.165) is 12.8 Å². The number of rotatable bonds is 4. The molecule has 0 bridgehead atoms. The molecule has 1 saturated heterocycles. The van der Waals surface area contributed by atoms with E-state index in [0.29, 0.717) is 24.2 Å². The van der Waals surface area contributed by atoms with E-state index in [9.17, 15) is 8.42 Å². The van der Waals surface area contributed by atoms with Gasteiger partial charge in [-0.05, 0) is 19.3 Å². The standard InChI is InChI=1S/C11H17N5O2S/c1-16(9-4-5-19(17,18)7-9)11-14-10(6-12-15-11)13-8-2-3-8/h6,8-9H,2-5,7H2,1H3,(H,13,14,15). The predicted molar refractivity (Wildman–Crippen MR) is 71.9 cm³/mol. The van der Waals surface area contributed by atoms with Crippen molar-refractivity contribution in [2.45, 2.75) is 31.3 Å². The van der Waals surface area contributed by atoms with Gasteiger partial charge in [-0.3, -0.25) is 0 Å². The molecule has 1 unspecified atom stereocenters. The van der Waals surface area contributed by atoms with Gasteiger partial charge in [-0.1, -0.05) is 0 Å². The highest BCUT2D eigenvalue weighted by atomic mass is 32.2. The van der Waals surface area contributed by atoms with Crippen molar-refractivity contribution in [3.63, 3.8) is 0 Å². The van der Waals surface area contributed by atoms with Crippen molar-refractivity contribution in [1.82, 2.24) is 15.2 Å². The molecule has 104 valence electrons. The average molecular weight is 283 g/mol. The Hall–Kier alpha value is -1.44. The lowest BCUT2D eigenvalue weighted by atomic mass is 10.2. The summed E-state index contributed by atoms with van der Waals surface area (Å²) in [7, 11) is -1.08. The zero-order valence-corrected chi connectivity index (χ0v) is 11.6. The van der Waals surface area contributed by atoms with Crippen molar-refractivity contribution in [3.8, 4) is 0 Å². The minimum Gasteiger partial charge on any atom is -0.366 e. The maximum absolute atomic E-state index is 11.5. The van der Waals surface area contributed by atoms with Crippen LogP contribution in [-0.4, -0.2) is 54.2 Å². The Morgan fingerprint density at radius 3 is 2.79 bits per heavy atom.